The molecule has 0 radical (unpaired) electrons. The van der Waals surface area contributed by atoms with E-state index in [2.05, 4.69) is 0 Å². The van der Waals surface area contributed by atoms with E-state index in [1.54, 1.807) is 25.2 Å². The van der Waals surface area contributed by atoms with Crippen LogP contribution in [0.3, 0.4) is 0 Å². The molecule has 1 aromatic carbocycles. The highest BCUT2D eigenvalue weighted by molar-refractivity contribution is 7.89. The van der Waals surface area contributed by atoms with Gasteiger partial charge in [-0.3, -0.25) is 4.79 Å². The van der Waals surface area contributed by atoms with E-state index in [-0.39, 0.29) is 32.1 Å². The molecular weight excluding hydrogens is 369 g/mol. The Balaban J connectivity index is 2.16. The number of sulfonamides is 1. The van der Waals surface area contributed by atoms with Gasteiger partial charge in [0.25, 0.3) is 0 Å². The first-order valence-corrected chi connectivity index (χ1v) is 9.36. The van der Waals surface area contributed by atoms with Crippen molar-refractivity contribution >= 4 is 15.9 Å². The molecule has 0 spiro atoms. The zero-order valence-electron chi connectivity index (χ0n) is 14.1. The summed E-state index contributed by atoms with van der Waals surface area (Å²) in [6, 6.07) is 4.11. The van der Waals surface area contributed by atoms with Crippen LogP contribution >= 0.6 is 0 Å². The number of nitrogens with zero attached hydrogens (tertiary/aromatic N) is 2. The molecule has 1 aromatic rings. The lowest BCUT2D eigenvalue weighted by Gasteiger charge is -2.33. The molecular formula is C17H19F3N2O3S. The van der Waals surface area contributed by atoms with Gasteiger partial charge in [-0.25, -0.2) is 8.42 Å². The maximum Gasteiger partial charge on any atom is 0.417 e. The van der Waals surface area contributed by atoms with Crippen LogP contribution in [0.4, 0.5) is 13.2 Å². The van der Waals surface area contributed by atoms with Gasteiger partial charge in [-0.1, -0.05) is 30.4 Å². The van der Waals surface area contributed by atoms with Gasteiger partial charge in [-0.2, -0.15) is 17.5 Å². The Hall–Kier alpha value is -2.13. The zero-order chi connectivity index (χ0) is 19.4. The predicted octanol–water partition coefficient (Wildman–Crippen LogP) is 2.67. The molecule has 0 saturated carbocycles. The molecule has 0 unspecified atom stereocenters. The molecule has 1 aliphatic heterocycles. The number of rotatable bonds is 4. The van der Waals surface area contributed by atoms with E-state index in [1.807, 2.05) is 0 Å². The summed E-state index contributed by atoms with van der Waals surface area (Å²) in [6.07, 6.45) is 1.62. The second-order valence-electron chi connectivity index (χ2n) is 5.61. The minimum atomic E-state index is -4.76. The summed E-state index contributed by atoms with van der Waals surface area (Å²) in [5, 5.41) is 0. The molecule has 1 saturated heterocycles. The van der Waals surface area contributed by atoms with Crippen molar-refractivity contribution in [1.29, 1.82) is 0 Å². The molecule has 1 fully saturated rings. The third-order valence-corrected chi connectivity index (χ3v) is 5.86. The Morgan fingerprint density at radius 2 is 1.69 bits per heavy atom. The van der Waals surface area contributed by atoms with E-state index < -0.39 is 26.7 Å². The molecule has 1 amide bonds. The van der Waals surface area contributed by atoms with Crippen LogP contribution in [0.25, 0.3) is 0 Å². The number of allylic oxidation sites excluding steroid dienone is 3. The van der Waals surface area contributed by atoms with E-state index in [9.17, 15) is 26.4 Å². The number of piperazine rings is 1. The highest BCUT2D eigenvalue weighted by Crippen LogP contribution is 2.35. The lowest BCUT2D eigenvalue weighted by molar-refractivity contribution is -0.139. The molecule has 1 heterocycles. The Labute approximate surface area is 150 Å². The van der Waals surface area contributed by atoms with Crippen molar-refractivity contribution in [3.63, 3.8) is 0 Å². The lowest BCUT2D eigenvalue weighted by Crippen LogP contribution is -2.50. The largest absolute Gasteiger partial charge is 0.417 e. The number of hydrogen-bond acceptors (Lipinski definition) is 3. The number of amides is 1. The summed E-state index contributed by atoms with van der Waals surface area (Å²) in [7, 11) is -4.30. The van der Waals surface area contributed by atoms with Crippen molar-refractivity contribution in [3.05, 3.63) is 54.1 Å². The fourth-order valence-corrected chi connectivity index (χ4v) is 4.20. The Kier molecular flexibility index (Phi) is 6.25. The topological polar surface area (TPSA) is 57.7 Å². The van der Waals surface area contributed by atoms with Crippen LogP contribution in [0, 0.1) is 0 Å². The lowest BCUT2D eigenvalue weighted by atomic mass is 10.2. The van der Waals surface area contributed by atoms with Crippen molar-refractivity contribution in [2.24, 2.45) is 0 Å². The van der Waals surface area contributed by atoms with Gasteiger partial charge in [0.15, 0.2) is 0 Å². The predicted molar refractivity (Wildman–Crippen MR) is 90.7 cm³/mol. The monoisotopic (exact) mass is 388 g/mol. The van der Waals surface area contributed by atoms with Crippen LogP contribution in [-0.2, 0) is 21.0 Å². The van der Waals surface area contributed by atoms with Crippen LogP contribution < -0.4 is 0 Å². The summed E-state index contributed by atoms with van der Waals surface area (Å²) >= 11 is 0. The Bertz CT molecular complexity index is 809. The molecule has 0 aliphatic carbocycles. The van der Waals surface area contributed by atoms with Gasteiger partial charge in [0.1, 0.15) is 0 Å². The van der Waals surface area contributed by atoms with E-state index in [0.29, 0.717) is 0 Å². The third kappa shape index (κ3) is 4.53. The molecule has 0 atom stereocenters. The van der Waals surface area contributed by atoms with Gasteiger partial charge >= 0.3 is 6.18 Å². The van der Waals surface area contributed by atoms with Crippen molar-refractivity contribution in [2.75, 3.05) is 26.2 Å². The first-order valence-electron chi connectivity index (χ1n) is 7.92. The SMILES string of the molecule is C/C=C/C=C/C(=O)N1CCN(S(=O)(=O)c2ccccc2C(F)(F)F)CC1. The van der Waals surface area contributed by atoms with Crippen molar-refractivity contribution in [1.82, 2.24) is 9.21 Å². The normalized spacial score (nSPS) is 17.3. The number of benzene rings is 1. The maximum absolute atomic E-state index is 13.1. The van der Waals surface area contributed by atoms with Crippen LogP contribution in [0.2, 0.25) is 0 Å². The summed E-state index contributed by atoms with van der Waals surface area (Å²) < 4.78 is 65.6. The molecule has 0 aromatic heterocycles. The van der Waals surface area contributed by atoms with Gasteiger partial charge < -0.3 is 4.90 Å². The quantitative estimate of drug-likeness (QED) is 0.589. The van der Waals surface area contributed by atoms with Gasteiger partial charge in [0.2, 0.25) is 15.9 Å². The Morgan fingerprint density at radius 1 is 1.08 bits per heavy atom. The smallest absolute Gasteiger partial charge is 0.337 e. The molecule has 9 heteroatoms. The van der Waals surface area contributed by atoms with E-state index >= 15 is 0 Å². The fraction of sp³-hybridized carbons (Fsp3) is 0.353. The molecule has 26 heavy (non-hydrogen) atoms. The molecule has 2 rings (SSSR count). The van der Waals surface area contributed by atoms with Gasteiger partial charge in [-0.05, 0) is 19.1 Å². The van der Waals surface area contributed by atoms with Crippen molar-refractivity contribution in [3.8, 4) is 0 Å². The summed E-state index contributed by atoms with van der Waals surface area (Å²) in [6.45, 7) is 1.92. The number of halogens is 3. The second kappa shape index (κ2) is 8.05. The van der Waals surface area contributed by atoms with Crippen LogP contribution in [0.1, 0.15) is 12.5 Å². The average Bonchev–Trinajstić information content (AvgIpc) is 2.61. The van der Waals surface area contributed by atoms with Crippen molar-refractivity contribution in [2.45, 2.75) is 18.0 Å². The molecule has 5 nitrogen and oxygen atoms in total. The maximum atomic E-state index is 13.1. The first-order chi connectivity index (χ1) is 12.2. The third-order valence-electron chi connectivity index (χ3n) is 3.90. The number of alkyl halides is 3. The number of carbonyl (C=O) groups excluding carboxylic acids is 1. The van der Waals surface area contributed by atoms with E-state index in [0.717, 1.165) is 22.5 Å². The zero-order valence-corrected chi connectivity index (χ0v) is 14.9. The van der Waals surface area contributed by atoms with E-state index in [1.165, 1.54) is 17.0 Å². The van der Waals surface area contributed by atoms with Crippen molar-refractivity contribution < 1.29 is 26.4 Å². The molecule has 0 N–H and O–H groups in total. The summed E-state index contributed by atoms with van der Waals surface area (Å²) in [4.78, 5) is 12.7. The fourth-order valence-electron chi connectivity index (χ4n) is 2.57. The van der Waals surface area contributed by atoms with Crippen LogP contribution in [0.15, 0.2) is 53.5 Å². The average molecular weight is 388 g/mol. The second-order valence-corrected chi connectivity index (χ2v) is 7.51. The van der Waals surface area contributed by atoms with Gasteiger partial charge in [0, 0.05) is 32.3 Å². The van der Waals surface area contributed by atoms with Crippen LogP contribution in [0.5, 0.6) is 0 Å². The first kappa shape index (κ1) is 20.2. The minimum absolute atomic E-state index is 0.0578. The number of hydrogen-bond donors (Lipinski definition) is 0. The highest BCUT2D eigenvalue weighted by atomic mass is 32.2. The standard InChI is InChI=1S/C17H19F3N2O3S/c1-2-3-4-9-16(23)21-10-12-22(13-11-21)26(24,25)15-8-6-5-7-14(15)17(18,19)20/h2-9H,10-13H2,1H3/b3-2+,9-4+. The molecule has 1 aliphatic rings. The van der Waals surface area contributed by atoms with E-state index in [4.69, 9.17) is 0 Å². The summed E-state index contributed by atoms with van der Waals surface area (Å²) in [5.74, 6) is -0.268. The highest BCUT2D eigenvalue weighted by Gasteiger charge is 2.39. The summed E-state index contributed by atoms with van der Waals surface area (Å²) in [5.41, 5.74) is -1.19. The number of carbonyl (C=O) groups is 1. The van der Waals surface area contributed by atoms with Gasteiger partial charge in [0.05, 0.1) is 10.5 Å². The van der Waals surface area contributed by atoms with Gasteiger partial charge in [-0.15, -0.1) is 0 Å². The minimum Gasteiger partial charge on any atom is -0.337 e. The molecule has 0 bridgehead atoms. The molecule has 142 valence electrons. The van der Waals surface area contributed by atoms with Crippen LogP contribution in [-0.4, -0.2) is 49.7 Å². The Morgan fingerprint density at radius 3 is 2.27 bits per heavy atom.